The zero-order chi connectivity index (χ0) is 16.9. The smallest absolute Gasteiger partial charge is 0.241 e. The van der Waals surface area contributed by atoms with Crippen LogP contribution >= 0.6 is 12.4 Å². The summed E-state index contributed by atoms with van der Waals surface area (Å²) in [6, 6.07) is 7.80. The SMILES string of the molecule is Cl.NCCNC(=O)C1CCCN(C2CCc3ccccc3NC2=O)C1. The van der Waals surface area contributed by atoms with Crippen LogP contribution in [-0.2, 0) is 16.0 Å². The number of anilines is 1. The summed E-state index contributed by atoms with van der Waals surface area (Å²) in [4.78, 5) is 27.1. The number of hydrogen-bond acceptors (Lipinski definition) is 4. The van der Waals surface area contributed by atoms with Gasteiger partial charge in [-0.1, -0.05) is 18.2 Å². The van der Waals surface area contributed by atoms with Gasteiger partial charge >= 0.3 is 0 Å². The molecule has 1 aromatic rings. The zero-order valence-electron chi connectivity index (χ0n) is 14.4. The number of rotatable bonds is 4. The quantitative estimate of drug-likeness (QED) is 0.746. The molecule has 25 heavy (non-hydrogen) atoms. The molecule has 2 unspecified atom stereocenters. The Balaban J connectivity index is 0.00000225. The number of carbonyl (C=O) groups is 2. The van der Waals surface area contributed by atoms with Crippen LogP contribution in [0.5, 0.6) is 0 Å². The number of fused-ring (bicyclic) bond motifs is 1. The lowest BCUT2D eigenvalue weighted by molar-refractivity contribution is -0.129. The highest BCUT2D eigenvalue weighted by Gasteiger charge is 2.34. The van der Waals surface area contributed by atoms with Crippen LogP contribution in [0.1, 0.15) is 24.8 Å². The number of likely N-dealkylation sites (tertiary alicyclic amines) is 1. The Labute approximate surface area is 154 Å². The van der Waals surface area contributed by atoms with Crippen molar-refractivity contribution < 1.29 is 9.59 Å². The number of aryl methyl sites for hydroxylation is 1. The van der Waals surface area contributed by atoms with E-state index in [1.54, 1.807) is 0 Å². The minimum absolute atomic E-state index is 0. The van der Waals surface area contributed by atoms with E-state index in [1.807, 2.05) is 18.2 Å². The summed E-state index contributed by atoms with van der Waals surface area (Å²) in [6.07, 6.45) is 3.49. The van der Waals surface area contributed by atoms with Gasteiger partial charge in [0.15, 0.2) is 0 Å². The zero-order valence-corrected chi connectivity index (χ0v) is 15.2. The average Bonchev–Trinajstić information content (AvgIpc) is 2.78. The third-order valence-electron chi connectivity index (χ3n) is 4.97. The molecule has 2 heterocycles. The molecule has 2 aliphatic rings. The lowest BCUT2D eigenvalue weighted by Gasteiger charge is -2.36. The number of nitrogens with one attached hydrogen (secondary N) is 2. The summed E-state index contributed by atoms with van der Waals surface area (Å²) in [5.74, 6) is 0.0501. The van der Waals surface area contributed by atoms with Gasteiger partial charge in [0.05, 0.1) is 12.0 Å². The van der Waals surface area contributed by atoms with E-state index in [1.165, 1.54) is 5.56 Å². The number of benzene rings is 1. The lowest BCUT2D eigenvalue weighted by atomic mass is 9.94. The largest absolute Gasteiger partial charge is 0.355 e. The van der Waals surface area contributed by atoms with Crippen LogP contribution in [0, 0.1) is 5.92 Å². The number of carbonyl (C=O) groups excluding carboxylic acids is 2. The highest BCUT2D eigenvalue weighted by Crippen LogP contribution is 2.26. The normalized spacial score (nSPS) is 23.6. The van der Waals surface area contributed by atoms with Crippen LogP contribution in [-0.4, -0.2) is 48.9 Å². The Hall–Kier alpha value is -1.63. The van der Waals surface area contributed by atoms with Crippen molar-refractivity contribution >= 4 is 29.9 Å². The molecule has 0 spiro atoms. The fraction of sp³-hybridized carbons (Fsp3) is 0.556. The molecule has 1 aromatic carbocycles. The topological polar surface area (TPSA) is 87.5 Å². The van der Waals surface area contributed by atoms with Crippen molar-refractivity contribution in [2.45, 2.75) is 31.7 Å². The number of piperidine rings is 1. The molecule has 0 aromatic heterocycles. The molecule has 6 nitrogen and oxygen atoms in total. The van der Waals surface area contributed by atoms with E-state index in [-0.39, 0.29) is 36.2 Å². The van der Waals surface area contributed by atoms with Crippen LogP contribution in [0.4, 0.5) is 5.69 Å². The molecule has 4 N–H and O–H groups in total. The molecule has 3 rings (SSSR count). The van der Waals surface area contributed by atoms with E-state index >= 15 is 0 Å². The van der Waals surface area contributed by atoms with Gasteiger partial charge in [-0.2, -0.15) is 0 Å². The summed E-state index contributed by atoms with van der Waals surface area (Å²) in [5.41, 5.74) is 7.55. The van der Waals surface area contributed by atoms with Crippen LogP contribution in [0.3, 0.4) is 0 Å². The monoisotopic (exact) mass is 366 g/mol. The van der Waals surface area contributed by atoms with E-state index in [2.05, 4.69) is 21.6 Å². The van der Waals surface area contributed by atoms with Gasteiger partial charge in [0.25, 0.3) is 0 Å². The minimum Gasteiger partial charge on any atom is -0.355 e. The number of hydrogen-bond donors (Lipinski definition) is 3. The Bertz CT molecular complexity index is 610. The fourth-order valence-corrected chi connectivity index (χ4v) is 3.69. The van der Waals surface area contributed by atoms with Crippen LogP contribution < -0.4 is 16.4 Å². The number of nitrogens with two attached hydrogens (primary N) is 1. The Morgan fingerprint density at radius 2 is 2.12 bits per heavy atom. The van der Waals surface area contributed by atoms with Crippen molar-refractivity contribution in [3.05, 3.63) is 29.8 Å². The summed E-state index contributed by atoms with van der Waals surface area (Å²) in [5, 5.41) is 5.92. The summed E-state index contributed by atoms with van der Waals surface area (Å²) in [6.45, 7) is 2.47. The number of nitrogens with zero attached hydrogens (tertiary/aromatic N) is 1. The third-order valence-corrected chi connectivity index (χ3v) is 4.97. The van der Waals surface area contributed by atoms with E-state index in [0.29, 0.717) is 19.6 Å². The van der Waals surface area contributed by atoms with E-state index < -0.39 is 0 Å². The number of amides is 2. The summed E-state index contributed by atoms with van der Waals surface area (Å²) < 4.78 is 0. The third kappa shape index (κ3) is 4.71. The predicted octanol–water partition coefficient (Wildman–Crippen LogP) is 1.15. The summed E-state index contributed by atoms with van der Waals surface area (Å²) in [7, 11) is 0. The molecule has 2 atom stereocenters. The van der Waals surface area contributed by atoms with Crippen molar-refractivity contribution in [2.75, 3.05) is 31.5 Å². The lowest BCUT2D eigenvalue weighted by Crippen LogP contribution is -2.51. The molecular weight excluding hydrogens is 340 g/mol. The molecule has 0 saturated carbocycles. The molecule has 2 aliphatic heterocycles. The van der Waals surface area contributed by atoms with Crippen LogP contribution in [0.2, 0.25) is 0 Å². The molecule has 2 amide bonds. The number of para-hydroxylation sites is 1. The van der Waals surface area contributed by atoms with Gasteiger partial charge < -0.3 is 16.4 Å². The first-order chi connectivity index (χ1) is 11.7. The maximum Gasteiger partial charge on any atom is 0.241 e. The van der Waals surface area contributed by atoms with Crippen molar-refractivity contribution in [2.24, 2.45) is 11.7 Å². The molecule has 7 heteroatoms. The fourth-order valence-electron chi connectivity index (χ4n) is 3.69. The van der Waals surface area contributed by atoms with Crippen LogP contribution in [0.15, 0.2) is 24.3 Å². The predicted molar refractivity (Wildman–Crippen MR) is 101 cm³/mol. The highest BCUT2D eigenvalue weighted by atomic mass is 35.5. The first kappa shape index (κ1) is 19.7. The second kappa shape index (κ2) is 9.17. The highest BCUT2D eigenvalue weighted by molar-refractivity contribution is 5.96. The minimum atomic E-state index is -0.164. The van der Waals surface area contributed by atoms with Crippen molar-refractivity contribution in [3.8, 4) is 0 Å². The van der Waals surface area contributed by atoms with Crippen LogP contribution in [0.25, 0.3) is 0 Å². The van der Waals surface area contributed by atoms with Crippen molar-refractivity contribution in [3.63, 3.8) is 0 Å². The van der Waals surface area contributed by atoms with E-state index in [9.17, 15) is 9.59 Å². The van der Waals surface area contributed by atoms with Gasteiger partial charge in [-0.3, -0.25) is 14.5 Å². The Morgan fingerprint density at radius 1 is 1.32 bits per heavy atom. The molecule has 1 saturated heterocycles. The van der Waals surface area contributed by atoms with Gasteiger partial charge in [0.1, 0.15) is 0 Å². The Morgan fingerprint density at radius 3 is 2.92 bits per heavy atom. The first-order valence-electron chi connectivity index (χ1n) is 8.79. The van der Waals surface area contributed by atoms with Gasteiger partial charge in [0.2, 0.25) is 11.8 Å². The van der Waals surface area contributed by atoms with E-state index in [0.717, 1.165) is 37.9 Å². The van der Waals surface area contributed by atoms with Gasteiger partial charge in [-0.05, 0) is 43.9 Å². The standard InChI is InChI=1S/C18H26N4O2.ClH/c19-9-10-20-17(23)14-5-3-11-22(12-14)16-8-7-13-4-1-2-6-15(13)21-18(16)24;/h1-2,4,6,14,16H,3,5,7-12,19H2,(H,20,23)(H,21,24);1H. The molecule has 0 aliphatic carbocycles. The van der Waals surface area contributed by atoms with E-state index in [4.69, 9.17) is 5.73 Å². The molecule has 1 fully saturated rings. The van der Waals surface area contributed by atoms with Gasteiger partial charge in [-0.25, -0.2) is 0 Å². The first-order valence-corrected chi connectivity index (χ1v) is 8.79. The van der Waals surface area contributed by atoms with Gasteiger partial charge in [0, 0.05) is 25.3 Å². The molecule has 0 radical (unpaired) electrons. The molecule has 138 valence electrons. The number of halogens is 1. The Kier molecular flexibility index (Phi) is 7.23. The second-order valence-corrected chi connectivity index (χ2v) is 6.61. The second-order valence-electron chi connectivity index (χ2n) is 6.61. The molecule has 0 bridgehead atoms. The van der Waals surface area contributed by atoms with Gasteiger partial charge in [-0.15, -0.1) is 12.4 Å². The maximum absolute atomic E-state index is 12.7. The summed E-state index contributed by atoms with van der Waals surface area (Å²) >= 11 is 0. The average molecular weight is 367 g/mol. The van der Waals surface area contributed by atoms with Crippen molar-refractivity contribution in [1.82, 2.24) is 10.2 Å². The molecular formula is C18H27ClN4O2. The maximum atomic E-state index is 12.7. The van der Waals surface area contributed by atoms with Crippen molar-refractivity contribution in [1.29, 1.82) is 0 Å².